The fraction of sp³-hybridized carbons (Fsp3) is 0.632. The Labute approximate surface area is 142 Å². The van der Waals surface area contributed by atoms with Gasteiger partial charge < -0.3 is 14.9 Å². The molecule has 0 heterocycles. The highest BCUT2D eigenvalue weighted by Gasteiger charge is 2.49. The zero-order valence-corrected chi connectivity index (χ0v) is 14.6. The number of methoxy groups -OCH3 is 1. The Kier molecular flexibility index (Phi) is 5.53. The van der Waals surface area contributed by atoms with E-state index >= 15 is 0 Å². The first-order chi connectivity index (χ1) is 11.2. The van der Waals surface area contributed by atoms with Crippen LogP contribution in [0.25, 0.3) is 0 Å². The maximum atomic E-state index is 13.6. The molecule has 1 aromatic rings. The van der Waals surface area contributed by atoms with E-state index in [9.17, 15) is 19.4 Å². The van der Waals surface area contributed by atoms with Crippen molar-refractivity contribution in [2.75, 3.05) is 7.11 Å². The van der Waals surface area contributed by atoms with Gasteiger partial charge in [-0.15, -0.1) is 0 Å². The molecule has 0 saturated heterocycles. The van der Waals surface area contributed by atoms with E-state index < -0.39 is 22.8 Å². The first kappa shape index (κ1) is 18.7. The monoisotopic (exact) mass is 338 g/mol. The maximum Gasteiger partial charge on any atom is 0.338 e. The molecule has 0 radical (unpaired) electrons. The van der Waals surface area contributed by atoms with Crippen molar-refractivity contribution in [3.05, 3.63) is 29.6 Å². The molecule has 5 heteroatoms. The molecule has 0 aliphatic heterocycles. The number of aliphatic hydroxyl groups is 1. The molecular weight excluding hydrogens is 311 g/mol. The van der Waals surface area contributed by atoms with Crippen molar-refractivity contribution in [1.82, 2.24) is 0 Å². The highest BCUT2D eigenvalue weighted by atomic mass is 19.1. The van der Waals surface area contributed by atoms with Gasteiger partial charge in [0.25, 0.3) is 0 Å². The Bertz CT molecular complexity index is 593. The van der Waals surface area contributed by atoms with Crippen LogP contribution in [0.2, 0.25) is 0 Å². The van der Waals surface area contributed by atoms with E-state index in [1.165, 1.54) is 25.3 Å². The Balaban J connectivity index is 2.37. The molecule has 1 aliphatic rings. The van der Waals surface area contributed by atoms with Crippen molar-refractivity contribution in [2.45, 2.75) is 63.4 Å². The summed E-state index contributed by atoms with van der Waals surface area (Å²) in [4.78, 5) is 12.4. The highest BCUT2D eigenvalue weighted by molar-refractivity contribution is 5.80. The van der Waals surface area contributed by atoms with Crippen molar-refractivity contribution >= 4 is 5.97 Å². The van der Waals surface area contributed by atoms with Crippen LogP contribution in [0.15, 0.2) is 18.2 Å². The predicted octanol–water partition coefficient (Wildman–Crippen LogP) is 3.68. The quantitative estimate of drug-likeness (QED) is 0.804. The second-order valence-corrected chi connectivity index (χ2v) is 7.47. The lowest BCUT2D eigenvalue weighted by molar-refractivity contribution is -0.173. The molecule has 0 spiro atoms. The molecule has 2 N–H and O–H groups in total. The van der Waals surface area contributed by atoms with Gasteiger partial charge in [-0.2, -0.15) is 0 Å². The number of hydrogen-bond donors (Lipinski definition) is 2. The Morgan fingerprint density at radius 2 is 1.92 bits per heavy atom. The largest absolute Gasteiger partial charge is 0.508 e. The van der Waals surface area contributed by atoms with Crippen LogP contribution in [0.3, 0.4) is 0 Å². The number of ether oxygens (including phenoxy) is 1. The molecule has 1 aromatic carbocycles. The zero-order valence-electron chi connectivity index (χ0n) is 14.6. The minimum Gasteiger partial charge on any atom is -0.508 e. The first-order valence-electron chi connectivity index (χ1n) is 8.50. The van der Waals surface area contributed by atoms with Crippen molar-refractivity contribution in [3.63, 3.8) is 0 Å². The maximum absolute atomic E-state index is 13.6. The van der Waals surface area contributed by atoms with Gasteiger partial charge in [-0.25, -0.2) is 9.18 Å². The van der Waals surface area contributed by atoms with Gasteiger partial charge in [0.1, 0.15) is 11.6 Å². The lowest BCUT2D eigenvalue weighted by Crippen LogP contribution is -2.51. The Hall–Kier alpha value is -1.62. The average Bonchev–Trinajstić information content (AvgIpc) is 2.56. The Morgan fingerprint density at radius 1 is 1.29 bits per heavy atom. The number of halogens is 1. The van der Waals surface area contributed by atoms with Crippen LogP contribution in [0, 0.1) is 11.7 Å². The van der Waals surface area contributed by atoms with Gasteiger partial charge in [0.05, 0.1) is 7.11 Å². The molecule has 1 unspecified atom stereocenters. The van der Waals surface area contributed by atoms with Crippen LogP contribution in [0.4, 0.5) is 4.39 Å². The number of esters is 1. The molecule has 24 heavy (non-hydrogen) atoms. The van der Waals surface area contributed by atoms with Gasteiger partial charge in [0.2, 0.25) is 0 Å². The molecule has 1 fully saturated rings. The number of phenols is 1. The summed E-state index contributed by atoms with van der Waals surface area (Å²) in [7, 11) is 1.27. The van der Waals surface area contributed by atoms with Gasteiger partial charge in [-0.3, -0.25) is 0 Å². The average molecular weight is 338 g/mol. The number of hydrogen-bond acceptors (Lipinski definition) is 4. The molecule has 2 rings (SSSR count). The van der Waals surface area contributed by atoms with Gasteiger partial charge in [0.15, 0.2) is 5.60 Å². The molecule has 0 aromatic heterocycles. The molecule has 134 valence electrons. The normalized spacial score (nSPS) is 18.9. The fourth-order valence-corrected chi connectivity index (χ4v) is 3.96. The van der Waals surface area contributed by atoms with E-state index in [4.69, 9.17) is 4.74 Å². The number of rotatable bonds is 5. The summed E-state index contributed by atoms with van der Waals surface area (Å²) >= 11 is 0. The Morgan fingerprint density at radius 3 is 2.50 bits per heavy atom. The smallest absolute Gasteiger partial charge is 0.338 e. The van der Waals surface area contributed by atoms with E-state index in [2.05, 4.69) is 0 Å². The lowest BCUT2D eigenvalue weighted by atomic mass is 9.67. The summed E-state index contributed by atoms with van der Waals surface area (Å²) in [6, 6.07) is 3.74. The van der Waals surface area contributed by atoms with Gasteiger partial charge >= 0.3 is 5.97 Å². The van der Waals surface area contributed by atoms with E-state index in [-0.39, 0.29) is 18.1 Å². The minimum atomic E-state index is -1.64. The molecule has 1 saturated carbocycles. The van der Waals surface area contributed by atoms with Crippen LogP contribution in [0.1, 0.15) is 57.9 Å². The van der Waals surface area contributed by atoms with Crippen molar-refractivity contribution in [3.8, 4) is 5.75 Å². The van der Waals surface area contributed by atoms with Crippen LogP contribution < -0.4 is 0 Å². The van der Waals surface area contributed by atoms with Crippen LogP contribution in [-0.2, 0) is 14.9 Å². The topological polar surface area (TPSA) is 66.8 Å². The molecule has 0 bridgehead atoms. The van der Waals surface area contributed by atoms with Crippen LogP contribution >= 0.6 is 0 Å². The van der Waals surface area contributed by atoms with Crippen LogP contribution in [-0.4, -0.2) is 28.9 Å². The summed E-state index contributed by atoms with van der Waals surface area (Å²) in [5, 5.41) is 21.3. The third-order valence-electron chi connectivity index (χ3n) is 5.22. The van der Waals surface area contributed by atoms with Crippen molar-refractivity contribution < 1.29 is 24.1 Å². The van der Waals surface area contributed by atoms with Crippen LogP contribution in [0.5, 0.6) is 5.75 Å². The molecule has 4 nitrogen and oxygen atoms in total. The number of phenolic OH excluding ortho intramolecular Hbond substituents is 1. The van der Waals surface area contributed by atoms with Crippen molar-refractivity contribution in [2.24, 2.45) is 5.92 Å². The number of aromatic hydroxyl groups is 1. The number of benzene rings is 1. The number of carbonyl (C=O) groups is 1. The summed E-state index contributed by atoms with van der Waals surface area (Å²) in [5.74, 6) is -1.35. The third kappa shape index (κ3) is 3.72. The molecule has 1 aliphatic carbocycles. The summed E-state index contributed by atoms with van der Waals surface area (Å²) < 4.78 is 18.5. The molecular formula is C19H27FO4. The van der Waals surface area contributed by atoms with E-state index in [0.717, 1.165) is 32.1 Å². The number of carbonyl (C=O) groups excluding carboxylic acids is 1. The summed E-state index contributed by atoms with van der Waals surface area (Å²) in [6.45, 7) is 3.58. The molecule has 1 atom stereocenters. The zero-order chi connectivity index (χ0) is 18.0. The minimum absolute atomic E-state index is 0.0442. The van der Waals surface area contributed by atoms with Crippen molar-refractivity contribution in [1.29, 1.82) is 0 Å². The fourth-order valence-electron chi connectivity index (χ4n) is 3.96. The SMILES string of the molecule is COC(=O)C(O)(CC(C)(C)c1cc(F)ccc1O)C1CCCCC1. The van der Waals surface area contributed by atoms with E-state index in [1.54, 1.807) is 13.8 Å². The highest BCUT2D eigenvalue weighted by Crippen LogP contribution is 2.43. The van der Waals surface area contributed by atoms with Gasteiger partial charge in [-0.1, -0.05) is 33.1 Å². The first-order valence-corrected chi connectivity index (χ1v) is 8.50. The second kappa shape index (κ2) is 7.09. The predicted molar refractivity (Wildman–Crippen MR) is 89.2 cm³/mol. The molecule has 0 amide bonds. The van der Waals surface area contributed by atoms with E-state index in [0.29, 0.717) is 5.56 Å². The van der Waals surface area contributed by atoms with Gasteiger partial charge in [0, 0.05) is 5.56 Å². The summed E-state index contributed by atoms with van der Waals surface area (Å²) in [5.41, 5.74) is -2.06. The van der Waals surface area contributed by atoms with Gasteiger partial charge in [-0.05, 0) is 48.8 Å². The second-order valence-electron chi connectivity index (χ2n) is 7.47. The lowest BCUT2D eigenvalue weighted by Gasteiger charge is -2.41. The third-order valence-corrected chi connectivity index (χ3v) is 5.22. The standard InChI is InChI=1S/C19H27FO4/c1-18(2,15-11-14(20)9-10-16(15)21)12-19(23,17(22)24-3)13-7-5-4-6-8-13/h9-11,13,21,23H,4-8,12H2,1-3H3. The summed E-state index contributed by atoms with van der Waals surface area (Å²) in [6.07, 6.45) is 4.62. The van der Waals surface area contributed by atoms with E-state index in [1.807, 2.05) is 0 Å².